The van der Waals surface area contributed by atoms with Crippen molar-refractivity contribution >= 4 is 23.9 Å². The van der Waals surface area contributed by atoms with Crippen LogP contribution in [0.15, 0.2) is 24.3 Å². The van der Waals surface area contributed by atoms with E-state index in [2.05, 4.69) is 16.0 Å². The Hall–Kier alpha value is -3.34. The molecule has 1 aliphatic rings. The van der Waals surface area contributed by atoms with Gasteiger partial charge in [-0.25, -0.2) is 9.59 Å². The molecule has 1 aliphatic carbocycles. The van der Waals surface area contributed by atoms with Gasteiger partial charge in [0.05, 0.1) is 7.11 Å². The van der Waals surface area contributed by atoms with Gasteiger partial charge in [0.15, 0.2) is 0 Å². The highest BCUT2D eigenvalue weighted by atomic mass is 16.5. The molecule has 1 saturated carbocycles. The highest BCUT2D eigenvalue weighted by Crippen LogP contribution is 2.27. The van der Waals surface area contributed by atoms with Crippen LogP contribution in [0.4, 0.5) is 4.79 Å². The van der Waals surface area contributed by atoms with Crippen LogP contribution in [-0.4, -0.2) is 59.8 Å². The molecule has 1 aromatic rings. The van der Waals surface area contributed by atoms with Crippen molar-refractivity contribution in [3.8, 4) is 5.75 Å². The fraction of sp³-hybridized carbons (Fsp3) is 0.615. The second kappa shape index (κ2) is 18.0. The average Bonchev–Trinajstić information content (AvgIpc) is 2.87. The van der Waals surface area contributed by atoms with Crippen LogP contribution in [0.5, 0.6) is 5.75 Å². The number of unbranched alkanes of at least 4 members (excludes halogenated alkanes) is 1. The summed E-state index contributed by atoms with van der Waals surface area (Å²) in [7, 11) is 1.59. The van der Waals surface area contributed by atoms with Gasteiger partial charge < -0.3 is 36.6 Å². The van der Waals surface area contributed by atoms with Crippen LogP contribution in [0.25, 0.3) is 0 Å². The smallest absolute Gasteiger partial charge is 0.326 e. The topological polar surface area (TPSA) is 180 Å². The number of carbonyl (C=O) groups excluding carboxylic acids is 2. The van der Waals surface area contributed by atoms with Crippen LogP contribution in [0, 0.1) is 5.92 Å². The van der Waals surface area contributed by atoms with E-state index < -0.39 is 30.1 Å². The average molecular weight is 523 g/mol. The molecule has 0 saturated heterocycles. The van der Waals surface area contributed by atoms with Gasteiger partial charge in [0.25, 0.3) is 5.97 Å². The molecule has 0 aliphatic heterocycles. The van der Waals surface area contributed by atoms with Crippen molar-refractivity contribution in [3.63, 3.8) is 0 Å². The van der Waals surface area contributed by atoms with Crippen molar-refractivity contribution in [1.82, 2.24) is 16.0 Å². The minimum Gasteiger partial charge on any atom is -0.497 e. The molecule has 0 heterocycles. The van der Waals surface area contributed by atoms with Crippen LogP contribution >= 0.6 is 0 Å². The van der Waals surface area contributed by atoms with Gasteiger partial charge in [-0.2, -0.15) is 0 Å². The minimum atomic E-state index is -1.10. The Morgan fingerprint density at radius 3 is 2.14 bits per heavy atom. The van der Waals surface area contributed by atoms with E-state index in [4.69, 9.17) is 20.4 Å². The molecular formula is C26H42N4O7. The lowest BCUT2D eigenvalue weighted by molar-refractivity contribution is -0.139. The lowest BCUT2D eigenvalue weighted by Gasteiger charge is -2.27. The van der Waals surface area contributed by atoms with E-state index >= 15 is 0 Å². The molecular weight excluding hydrogens is 480 g/mol. The molecule has 1 aromatic carbocycles. The van der Waals surface area contributed by atoms with Gasteiger partial charge in [-0.3, -0.25) is 9.59 Å². The van der Waals surface area contributed by atoms with Gasteiger partial charge in [-0.15, -0.1) is 0 Å². The van der Waals surface area contributed by atoms with E-state index in [1.54, 1.807) is 7.11 Å². The Labute approximate surface area is 218 Å². The first-order chi connectivity index (χ1) is 17.7. The van der Waals surface area contributed by atoms with Gasteiger partial charge >= 0.3 is 12.0 Å². The summed E-state index contributed by atoms with van der Waals surface area (Å²) in [6.45, 7) is 1.88. The third kappa shape index (κ3) is 14.1. The number of aliphatic carboxylic acids is 2. The van der Waals surface area contributed by atoms with Crippen molar-refractivity contribution in [2.45, 2.75) is 83.3 Å². The number of carboxylic acid groups (broad SMARTS) is 2. The first-order valence-electron chi connectivity index (χ1n) is 12.8. The fourth-order valence-electron chi connectivity index (χ4n) is 4.15. The number of ether oxygens (including phenoxy) is 1. The molecule has 11 heteroatoms. The Bertz CT molecular complexity index is 838. The summed E-state index contributed by atoms with van der Waals surface area (Å²) in [5.74, 6) is -1.12. The lowest BCUT2D eigenvalue weighted by atomic mass is 9.84. The number of carboxylic acids is 2. The summed E-state index contributed by atoms with van der Waals surface area (Å²) in [6.07, 6.45) is 7.61. The number of nitrogens with one attached hydrogen (secondary N) is 3. The SMILES string of the molecule is CC(=O)O.COc1ccc(CNC(=O)[C@@H](CC2CCCCC2)NC(=O)N[C@@H](CCCCN)C(=O)O)cc1. The molecule has 0 radical (unpaired) electrons. The van der Waals surface area contributed by atoms with E-state index in [1.807, 2.05) is 24.3 Å². The maximum Gasteiger partial charge on any atom is 0.326 e. The monoisotopic (exact) mass is 522 g/mol. The quantitative estimate of drug-likeness (QED) is 0.214. The number of carbonyl (C=O) groups is 4. The number of rotatable bonds is 13. The highest BCUT2D eigenvalue weighted by molar-refractivity contribution is 5.88. The third-order valence-corrected chi connectivity index (χ3v) is 6.09. The molecule has 2 rings (SSSR count). The van der Waals surface area contributed by atoms with Crippen LogP contribution in [0.2, 0.25) is 0 Å². The van der Waals surface area contributed by atoms with Gasteiger partial charge in [0.2, 0.25) is 5.91 Å². The normalized spacial score (nSPS) is 14.8. The van der Waals surface area contributed by atoms with Crippen LogP contribution < -0.4 is 26.4 Å². The Morgan fingerprint density at radius 2 is 1.59 bits per heavy atom. The second-order valence-electron chi connectivity index (χ2n) is 9.17. The summed E-state index contributed by atoms with van der Waals surface area (Å²) in [4.78, 5) is 46.1. The maximum atomic E-state index is 13.0. The van der Waals surface area contributed by atoms with E-state index in [1.165, 1.54) is 6.42 Å². The summed E-state index contributed by atoms with van der Waals surface area (Å²) >= 11 is 0. The van der Waals surface area contributed by atoms with Gasteiger partial charge in [-0.05, 0) is 55.8 Å². The zero-order valence-electron chi connectivity index (χ0n) is 21.8. The predicted octanol–water partition coefficient (Wildman–Crippen LogP) is 2.62. The van der Waals surface area contributed by atoms with Crippen LogP contribution in [-0.2, 0) is 20.9 Å². The van der Waals surface area contributed by atoms with Crippen molar-refractivity contribution in [2.24, 2.45) is 11.7 Å². The highest BCUT2D eigenvalue weighted by Gasteiger charge is 2.27. The van der Waals surface area contributed by atoms with Crippen LogP contribution in [0.3, 0.4) is 0 Å². The Balaban J connectivity index is 0.00000159. The molecule has 0 aromatic heterocycles. The van der Waals surface area contributed by atoms with Gasteiger partial charge in [-0.1, -0.05) is 44.2 Å². The number of methoxy groups -OCH3 is 1. The summed E-state index contributed by atoms with van der Waals surface area (Å²) in [5.41, 5.74) is 6.38. The third-order valence-electron chi connectivity index (χ3n) is 6.09. The fourth-order valence-corrected chi connectivity index (χ4v) is 4.15. The van der Waals surface area contributed by atoms with Gasteiger partial charge in [0, 0.05) is 13.5 Å². The number of amides is 3. The number of hydrogen-bond donors (Lipinski definition) is 6. The molecule has 11 nitrogen and oxygen atoms in total. The van der Waals surface area contributed by atoms with Crippen molar-refractivity contribution in [3.05, 3.63) is 29.8 Å². The largest absolute Gasteiger partial charge is 0.497 e. The molecule has 2 atom stereocenters. The molecule has 7 N–H and O–H groups in total. The first kappa shape index (κ1) is 31.7. The molecule has 1 fully saturated rings. The molecule has 0 unspecified atom stereocenters. The molecule has 0 bridgehead atoms. The Kier molecular flexibility index (Phi) is 15.4. The summed E-state index contributed by atoms with van der Waals surface area (Å²) in [5, 5.41) is 24.9. The minimum absolute atomic E-state index is 0.276. The van der Waals surface area contributed by atoms with Gasteiger partial charge in [0.1, 0.15) is 17.8 Å². The van der Waals surface area contributed by atoms with E-state index in [0.717, 1.165) is 43.9 Å². The molecule has 37 heavy (non-hydrogen) atoms. The summed E-state index contributed by atoms with van der Waals surface area (Å²) in [6, 6.07) is 4.99. The van der Waals surface area contributed by atoms with Crippen molar-refractivity contribution in [2.75, 3.05) is 13.7 Å². The Morgan fingerprint density at radius 1 is 1.00 bits per heavy atom. The summed E-state index contributed by atoms with van der Waals surface area (Å²) < 4.78 is 5.15. The number of urea groups is 1. The number of nitrogens with two attached hydrogens (primary N) is 1. The van der Waals surface area contributed by atoms with E-state index in [-0.39, 0.29) is 12.3 Å². The van der Waals surface area contributed by atoms with E-state index in [0.29, 0.717) is 38.3 Å². The zero-order valence-corrected chi connectivity index (χ0v) is 21.8. The second-order valence-corrected chi connectivity index (χ2v) is 9.17. The molecule has 3 amide bonds. The zero-order chi connectivity index (χ0) is 27.6. The van der Waals surface area contributed by atoms with Crippen molar-refractivity contribution < 1.29 is 34.1 Å². The standard InChI is InChI=1S/C24H38N4O5.C2H4O2/c1-33-19-12-10-18(11-13-19)16-26-22(29)21(15-17-7-3-2-4-8-17)28-24(32)27-20(23(30)31)9-5-6-14-25;1-2(3)4/h10-13,17,20-21H,2-9,14-16,25H2,1H3,(H,26,29)(H,30,31)(H2,27,28,32);1H3,(H,3,4)/t20-,21+;/m0./s1. The van der Waals surface area contributed by atoms with E-state index in [9.17, 15) is 19.5 Å². The van der Waals surface area contributed by atoms with Crippen molar-refractivity contribution in [1.29, 1.82) is 0 Å². The molecule has 0 spiro atoms. The van der Waals surface area contributed by atoms with Crippen LogP contribution in [0.1, 0.15) is 70.3 Å². The predicted molar refractivity (Wildman–Crippen MR) is 139 cm³/mol. The first-order valence-corrected chi connectivity index (χ1v) is 12.8. The number of hydrogen-bond acceptors (Lipinski definition) is 6. The number of benzene rings is 1. The maximum absolute atomic E-state index is 13.0. The molecule has 208 valence electrons. The lowest BCUT2D eigenvalue weighted by Crippen LogP contribution is -2.53.